The van der Waals surface area contributed by atoms with Gasteiger partial charge in [0, 0.05) is 5.54 Å². The Morgan fingerprint density at radius 2 is 2.00 bits per heavy atom. The number of para-hydroxylation sites is 1. The van der Waals surface area contributed by atoms with Gasteiger partial charge >= 0.3 is 0 Å². The Morgan fingerprint density at radius 3 is 2.73 bits per heavy atom. The largest absolute Gasteiger partial charge is 0.378 e. The lowest BCUT2D eigenvalue weighted by Crippen LogP contribution is -2.46. The summed E-state index contributed by atoms with van der Waals surface area (Å²) in [6, 6.07) is 6.20. The van der Waals surface area contributed by atoms with Gasteiger partial charge < -0.3 is 10.6 Å². The SMILES string of the molecule is Clc1cccc2c1NC1(CCNCC1)C2. The van der Waals surface area contributed by atoms with Crippen LogP contribution in [0.3, 0.4) is 0 Å². The fourth-order valence-corrected chi connectivity index (χ4v) is 2.98. The van der Waals surface area contributed by atoms with E-state index in [0.717, 1.165) is 24.5 Å². The summed E-state index contributed by atoms with van der Waals surface area (Å²) in [5.41, 5.74) is 2.82. The number of anilines is 1. The molecule has 0 amide bonds. The second kappa shape index (κ2) is 3.39. The fourth-order valence-electron chi connectivity index (χ4n) is 2.74. The van der Waals surface area contributed by atoms with Crippen molar-refractivity contribution in [2.45, 2.75) is 24.8 Å². The first-order valence-corrected chi connectivity index (χ1v) is 5.93. The van der Waals surface area contributed by atoms with E-state index in [2.05, 4.69) is 16.7 Å². The second-order valence-electron chi connectivity index (χ2n) is 4.61. The Morgan fingerprint density at radius 1 is 1.20 bits per heavy atom. The molecule has 0 bridgehead atoms. The molecule has 1 aromatic carbocycles. The Bertz CT molecular complexity index is 383. The van der Waals surface area contributed by atoms with Crippen LogP contribution in [0.5, 0.6) is 0 Å². The molecule has 3 rings (SSSR count). The number of halogens is 1. The predicted molar refractivity (Wildman–Crippen MR) is 63.6 cm³/mol. The normalized spacial score (nSPS) is 22.5. The van der Waals surface area contributed by atoms with E-state index < -0.39 is 0 Å². The number of fused-ring (bicyclic) bond motifs is 1. The van der Waals surface area contributed by atoms with Gasteiger partial charge in [-0.25, -0.2) is 0 Å². The van der Waals surface area contributed by atoms with Gasteiger partial charge in [0.1, 0.15) is 0 Å². The van der Waals surface area contributed by atoms with E-state index >= 15 is 0 Å². The summed E-state index contributed by atoms with van der Waals surface area (Å²) in [5.74, 6) is 0. The third kappa shape index (κ3) is 1.52. The average Bonchev–Trinajstić information content (AvgIpc) is 2.59. The maximum absolute atomic E-state index is 6.19. The fraction of sp³-hybridized carbons (Fsp3) is 0.500. The molecule has 2 aliphatic heterocycles. The van der Waals surface area contributed by atoms with Crippen molar-refractivity contribution in [2.24, 2.45) is 0 Å². The van der Waals surface area contributed by atoms with Crippen molar-refractivity contribution in [2.75, 3.05) is 18.4 Å². The summed E-state index contributed by atoms with van der Waals surface area (Å²) in [5, 5.41) is 7.91. The van der Waals surface area contributed by atoms with E-state index in [1.807, 2.05) is 12.1 Å². The summed E-state index contributed by atoms with van der Waals surface area (Å²) in [6.07, 6.45) is 3.51. The smallest absolute Gasteiger partial charge is 0.0640 e. The molecule has 15 heavy (non-hydrogen) atoms. The molecule has 80 valence electrons. The van der Waals surface area contributed by atoms with Crippen molar-refractivity contribution in [3.05, 3.63) is 28.8 Å². The Hall–Kier alpha value is -0.730. The number of hydrogen-bond donors (Lipinski definition) is 2. The third-order valence-corrected chi connectivity index (χ3v) is 3.89. The van der Waals surface area contributed by atoms with Crippen LogP contribution in [-0.4, -0.2) is 18.6 Å². The van der Waals surface area contributed by atoms with Crippen molar-refractivity contribution in [1.82, 2.24) is 5.32 Å². The van der Waals surface area contributed by atoms with E-state index in [-0.39, 0.29) is 5.54 Å². The highest BCUT2D eigenvalue weighted by Crippen LogP contribution is 2.41. The van der Waals surface area contributed by atoms with Gasteiger partial charge in [-0.3, -0.25) is 0 Å². The lowest BCUT2D eigenvalue weighted by Gasteiger charge is -2.34. The highest BCUT2D eigenvalue weighted by atomic mass is 35.5. The first kappa shape index (κ1) is 9.49. The summed E-state index contributed by atoms with van der Waals surface area (Å²) in [6.45, 7) is 2.22. The maximum atomic E-state index is 6.19. The molecule has 1 fully saturated rings. The van der Waals surface area contributed by atoms with Gasteiger partial charge in [-0.2, -0.15) is 0 Å². The zero-order chi connectivity index (χ0) is 10.3. The van der Waals surface area contributed by atoms with Gasteiger partial charge in [0.2, 0.25) is 0 Å². The van der Waals surface area contributed by atoms with E-state index in [1.54, 1.807) is 0 Å². The highest BCUT2D eigenvalue weighted by molar-refractivity contribution is 6.33. The molecule has 1 spiro atoms. The molecule has 0 saturated carbocycles. The minimum atomic E-state index is 0.276. The van der Waals surface area contributed by atoms with Gasteiger partial charge in [0.05, 0.1) is 10.7 Å². The molecule has 3 heteroatoms. The molecule has 2 nitrogen and oxygen atoms in total. The van der Waals surface area contributed by atoms with Gasteiger partial charge in [0.15, 0.2) is 0 Å². The third-order valence-electron chi connectivity index (χ3n) is 3.58. The quantitative estimate of drug-likeness (QED) is 0.705. The Kier molecular flexibility index (Phi) is 2.15. The summed E-state index contributed by atoms with van der Waals surface area (Å²) < 4.78 is 0. The van der Waals surface area contributed by atoms with Crippen molar-refractivity contribution in [3.63, 3.8) is 0 Å². The van der Waals surface area contributed by atoms with Crippen molar-refractivity contribution in [3.8, 4) is 0 Å². The highest BCUT2D eigenvalue weighted by Gasteiger charge is 2.38. The van der Waals surface area contributed by atoms with E-state index in [9.17, 15) is 0 Å². The van der Waals surface area contributed by atoms with Crippen molar-refractivity contribution in [1.29, 1.82) is 0 Å². The van der Waals surface area contributed by atoms with Crippen LogP contribution >= 0.6 is 11.6 Å². The topological polar surface area (TPSA) is 24.1 Å². The van der Waals surface area contributed by atoms with Gasteiger partial charge in [-0.1, -0.05) is 23.7 Å². The van der Waals surface area contributed by atoms with Crippen LogP contribution in [-0.2, 0) is 6.42 Å². The van der Waals surface area contributed by atoms with Crippen LogP contribution in [0.2, 0.25) is 5.02 Å². The zero-order valence-corrected chi connectivity index (χ0v) is 9.40. The molecule has 0 aromatic heterocycles. The summed E-state index contributed by atoms with van der Waals surface area (Å²) in [4.78, 5) is 0. The molecule has 2 N–H and O–H groups in total. The Labute approximate surface area is 95.0 Å². The molecule has 0 radical (unpaired) electrons. The lowest BCUT2D eigenvalue weighted by molar-refractivity contribution is 0.348. The second-order valence-corrected chi connectivity index (χ2v) is 5.01. The molecule has 1 saturated heterocycles. The predicted octanol–water partition coefficient (Wildman–Crippen LogP) is 2.43. The molecule has 0 aliphatic carbocycles. The Balaban J connectivity index is 1.94. The average molecular weight is 223 g/mol. The number of rotatable bonds is 0. The zero-order valence-electron chi connectivity index (χ0n) is 8.65. The van der Waals surface area contributed by atoms with Gasteiger partial charge in [0.25, 0.3) is 0 Å². The standard InChI is InChI=1S/C12H15ClN2/c13-10-3-1-2-9-8-12(15-11(9)10)4-6-14-7-5-12/h1-3,14-15H,4-8H2. The van der Waals surface area contributed by atoms with Crippen LogP contribution in [0.4, 0.5) is 5.69 Å². The first-order valence-electron chi connectivity index (χ1n) is 5.55. The summed E-state index contributed by atoms with van der Waals surface area (Å²) in [7, 11) is 0. The molecule has 2 heterocycles. The lowest BCUT2D eigenvalue weighted by atomic mass is 9.86. The van der Waals surface area contributed by atoms with Crippen LogP contribution in [0, 0.1) is 0 Å². The molecule has 0 unspecified atom stereocenters. The monoisotopic (exact) mass is 222 g/mol. The van der Waals surface area contributed by atoms with Crippen molar-refractivity contribution < 1.29 is 0 Å². The number of piperidine rings is 1. The van der Waals surface area contributed by atoms with Crippen LogP contribution in [0.25, 0.3) is 0 Å². The minimum absolute atomic E-state index is 0.276. The van der Waals surface area contributed by atoms with Gasteiger partial charge in [-0.15, -0.1) is 0 Å². The molecule has 0 atom stereocenters. The maximum Gasteiger partial charge on any atom is 0.0640 e. The van der Waals surface area contributed by atoms with Crippen LogP contribution < -0.4 is 10.6 Å². The molecular weight excluding hydrogens is 208 g/mol. The summed E-state index contributed by atoms with van der Waals surface area (Å²) >= 11 is 6.19. The van der Waals surface area contributed by atoms with E-state index in [1.165, 1.54) is 24.1 Å². The molecular formula is C12H15ClN2. The minimum Gasteiger partial charge on any atom is -0.378 e. The van der Waals surface area contributed by atoms with E-state index in [0.29, 0.717) is 0 Å². The number of nitrogens with one attached hydrogen (secondary N) is 2. The van der Waals surface area contributed by atoms with Gasteiger partial charge in [-0.05, 0) is 44.0 Å². The molecule has 1 aromatic rings. The number of benzene rings is 1. The first-order chi connectivity index (χ1) is 7.29. The van der Waals surface area contributed by atoms with Crippen LogP contribution in [0.1, 0.15) is 18.4 Å². The van der Waals surface area contributed by atoms with E-state index in [4.69, 9.17) is 11.6 Å². The van der Waals surface area contributed by atoms with Crippen LogP contribution in [0.15, 0.2) is 18.2 Å². The molecule has 2 aliphatic rings. The number of hydrogen-bond acceptors (Lipinski definition) is 2. The van der Waals surface area contributed by atoms with Crippen molar-refractivity contribution >= 4 is 17.3 Å².